The second-order valence-electron chi connectivity index (χ2n) is 7.25. The van der Waals surface area contributed by atoms with E-state index in [0.29, 0.717) is 0 Å². The third-order valence-electron chi connectivity index (χ3n) is 3.96. The van der Waals surface area contributed by atoms with Gasteiger partial charge in [0.25, 0.3) is 0 Å². The predicted octanol–water partition coefficient (Wildman–Crippen LogP) is 3.08. The number of likely N-dealkylation sites (tertiary alicyclic amines) is 1. The maximum atomic E-state index is 5.84. The fourth-order valence-corrected chi connectivity index (χ4v) is 2.73. The highest BCUT2D eigenvalue weighted by molar-refractivity contribution is 5.27. The van der Waals surface area contributed by atoms with Crippen LogP contribution >= 0.6 is 0 Å². The fraction of sp³-hybridized carbons (Fsp3) is 0.667. The lowest BCUT2D eigenvalue weighted by molar-refractivity contribution is 0.231. The maximum absolute atomic E-state index is 5.84. The van der Waals surface area contributed by atoms with E-state index < -0.39 is 0 Å². The minimum atomic E-state index is 0.224. The summed E-state index contributed by atoms with van der Waals surface area (Å²) in [4.78, 5) is 2.52. The number of nitrogens with zero attached hydrogens (tertiary/aromatic N) is 1. The van der Waals surface area contributed by atoms with Crippen LogP contribution in [0, 0.1) is 12.8 Å². The normalized spacial score (nSPS) is 19.9. The van der Waals surface area contributed by atoms with Crippen LogP contribution in [0.4, 0.5) is 0 Å². The van der Waals surface area contributed by atoms with Crippen molar-refractivity contribution in [3.05, 3.63) is 29.8 Å². The number of ether oxygens (including phenoxy) is 1. The van der Waals surface area contributed by atoms with Gasteiger partial charge in [-0.15, -0.1) is 0 Å². The Morgan fingerprint density at radius 3 is 2.86 bits per heavy atom. The van der Waals surface area contributed by atoms with Gasteiger partial charge in [0, 0.05) is 18.6 Å². The topological polar surface area (TPSA) is 24.5 Å². The van der Waals surface area contributed by atoms with Gasteiger partial charge in [0.15, 0.2) is 0 Å². The van der Waals surface area contributed by atoms with E-state index in [9.17, 15) is 0 Å². The molecule has 1 heterocycles. The first kappa shape index (κ1) is 16.3. The number of aryl methyl sites for hydroxylation is 1. The maximum Gasteiger partial charge on any atom is 0.119 e. The van der Waals surface area contributed by atoms with Gasteiger partial charge in [-0.3, -0.25) is 4.90 Å². The summed E-state index contributed by atoms with van der Waals surface area (Å²) >= 11 is 0. The summed E-state index contributed by atoms with van der Waals surface area (Å²) in [6.07, 6.45) is 1.30. The zero-order valence-electron chi connectivity index (χ0n) is 14.0. The molecule has 118 valence electrons. The Kier molecular flexibility index (Phi) is 5.65. The minimum absolute atomic E-state index is 0.224. The van der Waals surface area contributed by atoms with Crippen molar-refractivity contribution >= 4 is 0 Å². The Morgan fingerprint density at radius 2 is 2.14 bits per heavy atom. The highest BCUT2D eigenvalue weighted by Crippen LogP contribution is 2.17. The number of hydrogen-bond donors (Lipinski definition) is 1. The molecule has 0 saturated carbocycles. The molecule has 2 rings (SSSR count). The van der Waals surface area contributed by atoms with Crippen LogP contribution in [0.1, 0.15) is 32.8 Å². The molecular weight excluding hydrogens is 260 g/mol. The third kappa shape index (κ3) is 6.06. The second-order valence-corrected chi connectivity index (χ2v) is 7.25. The monoisotopic (exact) mass is 290 g/mol. The standard InChI is InChI=1S/C18H30N2O/c1-15-6-5-7-17(12-15)21-11-10-20-9-8-16(14-20)13-19-18(2,3)4/h5-7,12,16,19H,8-11,13-14H2,1-4H3. The average molecular weight is 290 g/mol. The molecule has 1 aliphatic heterocycles. The van der Waals surface area contributed by atoms with E-state index in [1.807, 2.05) is 6.07 Å². The summed E-state index contributed by atoms with van der Waals surface area (Å²) in [5.74, 6) is 1.77. The molecule has 1 fully saturated rings. The molecule has 1 atom stereocenters. The third-order valence-corrected chi connectivity index (χ3v) is 3.96. The molecule has 1 aliphatic rings. The Hall–Kier alpha value is -1.06. The summed E-state index contributed by atoms with van der Waals surface area (Å²) in [5, 5.41) is 3.61. The Morgan fingerprint density at radius 1 is 1.33 bits per heavy atom. The van der Waals surface area contributed by atoms with Crippen molar-refractivity contribution in [1.82, 2.24) is 10.2 Å². The largest absolute Gasteiger partial charge is 0.492 e. The number of hydrogen-bond acceptors (Lipinski definition) is 3. The van der Waals surface area contributed by atoms with Crippen molar-refractivity contribution in [2.75, 3.05) is 32.8 Å². The first-order valence-electron chi connectivity index (χ1n) is 8.09. The summed E-state index contributed by atoms with van der Waals surface area (Å²) in [6, 6.07) is 8.28. The van der Waals surface area contributed by atoms with Crippen LogP contribution < -0.4 is 10.1 Å². The Bertz CT molecular complexity index is 439. The zero-order valence-corrected chi connectivity index (χ0v) is 14.0. The van der Waals surface area contributed by atoms with Gasteiger partial charge in [-0.05, 0) is 70.8 Å². The van der Waals surface area contributed by atoms with Crippen LogP contribution in [-0.4, -0.2) is 43.2 Å². The molecule has 1 aromatic rings. The molecule has 3 heteroatoms. The van der Waals surface area contributed by atoms with E-state index in [-0.39, 0.29) is 5.54 Å². The summed E-state index contributed by atoms with van der Waals surface area (Å²) in [6.45, 7) is 14.1. The van der Waals surface area contributed by atoms with Crippen molar-refractivity contribution in [1.29, 1.82) is 0 Å². The molecular formula is C18H30N2O. The van der Waals surface area contributed by atoms with Gasteiger partial charge in [0.2, 0.25) is 0 Å². The average Bonchev–Trinajstić information content (AvgIpc) is 2.84. The van der Waals surface area contributed by atoms with Crippen LogP contribution in [0.25, 0.3) is 0 Å². The molecule has 0 aromatic heterocycles. The Balaban J connectivity index is 1.64. The van der Waals surface area contributed by atoms with E-state index >= 15 is 0 Å². The molecule has 0 amide bonds. The van der Waals surface area contributed by atoms with Gasteiger partial charge >= 0.3 is 0 Å². The molecule has 1 N–H and O–H groups in total. The van der Waals surface area contributed by atoms with E-state index in [0.717, 1.165) is 31.4 Å². The first-order chi connectivity index (χ1) is 9.92. The van der Waals surface area contributed by atoms with Gasteiger partial charge in [-0.25, -0.2) is 0 Å². The smallest absolute Gasteiger partial charge is 0.119 e. The van der Waals surface area contributed by atoms with Crippen molar-refractivity contribution in [2.24, 2.45) is 5.92 Å². The SMILES string of the molecule is Cc1cccc(OCCN2CCC(CNC(C)(C)C)C2)c1. The van der Waals surface area contributed by atoms with Gasteiger partial charge in [-0.2, -0.15) is 0 Å². The molecule has 1 saturated heterocycles. The van der Waals surface area contributed by atoms with E-state index in [4.69, 9.17) is 4.74 Å². The molecule has 1 aromatic carbocycles. The number of nitrogens with one attached hydrogen (secondary N) is 1. The van der Waals surface area contributed by atoms with Gasteiger partial charge in [-0.1, -0.05) is 12.1 Å². The summed E-state index contributed by atoms with van der Waals surface area (Å²) in [5.41, 5.74) is 1.48. The van der Waals surface area contributed by atoms with Gasteiger partial charge in [0.05, 0.1) is 0 Å². The quantitative estimate of drug-likeness (QED) is 0.871. The molecule has 1 unspecified atom stereocenters. The number of rotatable bonds is 6. The lowest BCUT2D eigenvalue weighted by atomic mass is 10.1. The van der Waals surface area contributed by atoms with Crippen LogP contribution in [0.2, 0.25) is 0 Å². The van der Waals surface area contributed by atoms with Crippen molar-refractivity contribution < 1.29 is 4.74 Å². The van der Waals surface area contributed by atoms with Crippen molar-refractivity contribution in [3.8, 4) is 5.75 Å². The molecule has 0 spiro atoms. The highest BCUT2D eigenvalue weighted by atomic mass is 16.5. The molecule has 21 heavy (non-hydrogen) atoms. The first-order valence-corrected chi connectivity index (χ1v) is 8.09. The molecule has 0 bridgehead atoms. The molecule has 0 aliphatic carbocycles. The van der Waals surface area contributed by atoms with Gasteiger partial charge in [0.1, 0.15) is 12.4 Å². The fourth-order valence-electron chi connectivity index (χ4n) is 2.73. The Labute approximate surface area is 129 Å². The van der Waals surface area contributed by atoms with Crippen LogP contribution in [0.5, 0.6) is 5.75 Å². The lowest BCUT2D eigenvalue weighted by Crippen LogP contribution is -2.39. The summed E-state index contributed by atoms with van der Waals surface area (Å²) in [7, 11) is 0. The van der Waals surface area contributed by atoms with Crippen LogP contribution in [0.15, 0.2) is 24.3 Å². The van der Waals surface area contributed by atoms with E-state index in [1.165, 1.54) is 25.1 Å². The van der Waals surface area contributed by atoms with Crippen molar-refractivity contribution in [2.45, 2.75) is 39.7 Å². The highest BCUT2D eigenvalue weighted by Gasteiger charge is 2.23. The van der Waals surface area contributed by atoms with Crippen LogP contribution in [-0.2, 0) is 0 Å². The number of benzene rings is 1. The predicted molar refractivity (Wildman–Crippen MR) is 89.0 cm³/mol. The minimum Gasteiger partial charge on any atom is -0.492 e. The molecule has 0 radical (unpaired) electrons. The summed E-state index contributed by atoms with van der Waals surface area (Å²) < 4.78 is 5.84. The lowest BCUT2D eigenvalue weighted by Gasteiger charge is -2.23. The van der Waals surface area contributed by atoms with Crippen LogP contribution in [0.3, 0.4) is 0 Å². The van der Waals surface area contributed by atoms with Gasteiger partial charge < -0.3 is 10.1 Å². The zero-order chi connectivity index (χ0) is 15.3. The molecule has 3 nitrogen and oxygen atoms in total. The van der Waals surface area contributed by atoms with E-state index in [1.54, 1.807) is 0 Å². The van der Waals surface area contributed by atoms with E-state index in [2.05, 4.69) is 56.1 Å². The van der Waals surface area contributed by atoms with Crippen molar-refractivity contribution in [3.63, 3.8) is 0 Å². The second kappa shape index (κ2) is 7.28.